The van der Waals surface area contributed by atoms with Gasteiger partial charge in [0.15, 0.2) is 6.61 Å². The third-order valence-electron chi connectivity index (χ3n) is 5.58. The quantitative estimate of drug-likeness (QED) is 0.204. The van der Waals surface area contributed by atoms with Crippen molar-refractivity contribution >= 4 is 23.6 Å². The number of halogens is 3. The summed E-state index contributed by atoms with van der Waals surface area (Å²) in [6.45, 7) is 2.52. The fourth-order valence-electron chi connectivity index (χ4n) is 3.70. The lowest BCUT2D eigenvalue weighted by molar-refractivity contribution is -0.159. The average Bonchev–Trinajstić information content (AvgIpc) is 2.80. The Morgan fingerprint density at radius 1 is 0.917 bits per heavy atom. The molecule has 0 fully saturated rings. The summed E-state index contributed by atoms with van der Waals surface area (Å²) in [5.41, 5.74) is 1.26. The molecule has 0 heterocycles. The minimum absolute atomic E-state index is 0.233. The number of carbonyl (C=O) groups is 2. The highest BCUT2D eigenvalue weighted by Gasteiger charge is 2.29. The molecular formula is C26H41F3N2O5. The molecule has 1 rings (SSSR count). The molecular weight excluding hydrogens is 477 g/mol. The van der Waals surface area contributed by atoms with Gasteiger partial charge in [0.05, 0.1) is 6.61 Å². The Bertz CT molecular complexity index is 774. The molecule has 0 bridgehead atoms. The summed E-state index contributed by atoms with van der Waals surface area (Å²) < 4.78 is 51.2. The van der Waals surface area contributed by atoms with Crippen LogP contribution < -0.4 is 10.6 Å². The van der Waals surface area contributed by atoms with Gasteiger partial charge in [-0.2, -0.15) is 13.2 Å². The van der Waals surface area contributed by atoms with Crippen molar-refractivity contribution in [3.8, 4) is 0 Å². The zero-order valence-corrected chi connectivity index (χ0v) is 21.7. The Hall–Kier alpha value is -2.49. The van der Waals surface area contributed by atoms with Crippen LogP contribution in [0.25, 0.3) is 0 Å². The first-order valence-corrected chi connectivity index (χ1v) is 12.7. The van der Waals surface area contributed by atoms with Gasteiger partial charge in [-0.15, -0.1) is 0 Å². The maximum atomic E-state index is 12.4. The Labute approximate surface area is 212 Å². The van der Waals surface area contributed by atoms with Crippen molar-refractivity contribution in [2.45, 2.75) is 96.8 Å². The zero-order valence-electron chi connectivity index (χ0n) is 21.7. The first-order chi connectivity index (χ1) is 17.1. The normalized spacial score (nSPS) is 12.2. The number of hydrogen-bond donors (Lipinski definition) is 2. The molecule has 0 spiro atoms. The molecule has 1 unspecified atom stereocenters. The molecule has 7 nitrogen and oxygen atoms in total. The van der Waals surface area contributed by atoms with Crippen molar-refractivity contribution in [3.63, 3.8) is 0 Å². The lowest BCUT2D eigenvalue weighted by atomic mass is 10.0. The van der Waals surface area contributed by atoms with Crippen molar-refractivity contribution in [1.82, 2.24) is 0 Å². The molecule has 0 aromatic heterocycles. The topological polar surface area (TPSA) is 85.9 Å². The maximum Gasteiger partial charge on any atom is 0.422 e. The number of ether oxygens (including phenoxy) is 3. The van der Waals surface area contributed by atoms with Crippen LogP contribution >= 0.6 is 0 Å². The Morgan fingerprint density at radius 2 is 1.53 bits per heavy atom. The van der Waals surface area contributed by atoms with Crippen LogP contribution in [0.1, 0.15) is 83.1 Å². The van der Waals surface area contributed by atoms with E-state index >= 15 is 0 Å². The summed E-state index contributed by atoms with van der Waals surface area (Å²) >= 11 is 0. The van der Waals surface area contributed by atoms with Gasteiger partial charge in [-0.25, -0.2) is 9.59 Å². The summed E-state index contributed by atoms with van der Waals surface area (Å²) in [6.07, 6.45) is 6.12. The molecule has 2 N–H and O–H groups in total. The van der Waals surface area contributed by atoms with Crippen LogP contribution in [0.2, 0.25) is 0 Å². The smallest absolute Gasteiger partial charge is 0.422 e. The van der Waals surface area contributed by atoms with E-state index in [2.05, 4.69) is 22.3 Å². The van der Waals surface area contributed by atoms with Gasteiger partial charge in [0.25, 0.3) is 0 Å². The minimum atomic E-state index is -4.60. The summed E-state index contributed by atoms with van der Waals surface area (Å²) in [4.78, 5) is 23.9. The largest absolute Gasteiger partial charge is 0.444 e. The summed E-state index contributed by atoms with van der Waals surface area (Å²) in [6, 6.07) is 4.46. The number of carbonyl (C=O) groups excluding carboxylic acids is 2. The average molecular weight is 519 g/mol. The van der Waals surface area contributed by atoms with E-state index in [4.69, 9.17) is 9.47 Å². The van der Waals surface area contributed by atoms with Crippen molar-refractivity contribution < 1.29 is 37.0 Å². The van der Waals surface area contributed by atoms with E-state index in [1.54, 1.807) is 14.0 Å². The second kappa shape index (κ2) is 17.9. The van der Waals surface area contributed by atoms with Crippen LogP contribution in [0.3, 0.4) is 0 Å². The molecule has 0 aliphatic carbocycles. The maximum absolute atomic E-state index is 12.4. The SMILES string of the molecule is CCCCCCCCCCCCC(COC)OC(=O)Nc1ccc(NC(=O)OCC(F)(F)F)cc1C. The number of benzene rings is 1. The van der Waals surface area contributed by atoms with Crippen LogP contribution in [0.15, 0.2) is 18.2 Å². The van der Waals surface area contributed by atoms with E-state index in [9.17, 15) is 22.8 Å². The first-order valence-electron chi connectivity index (χ1n) is 12.7. The molecule has 1 atom stereocenters. The molecule has 0 radical (unpaired) electrons. The molecule has 206 valence electrons. The van der Waals surface area contributed by atoms with Crippen LogP contribution in [0, 0.1) is 6.92 Å². The molecule has 0 saturated heterocycles. The summed E-state index contributed by atoms with van der Waals surface area (Å²) in [5.74, 6) is 0. The van der Waals surface area contributed by atoms with Gasteiger partial charge in [-0.1, -0.05) is 64.7 Å². The van der Waals surface area contributed by atoms with Crippen molar-refractivity contribution in [1.29, 1.82) is 0 Å². The number of methoxy groups -OCH3 is 1. The highest BCUT2D eigenvalue weighted by Crippen LogP contribution is 2.21. The van der Waals surface area contributed by atoms with Gasteiger partial charge < -0.3 is 14.2 Å². The van der Waals surface area contributed by atoms with E-state index in [1.165, 1.54) is 69.6 Å². The number of amides is 2. The molecule has 36 heavy (non-hydrogen) atoms. The Balaban J connectivity index is 2.38. The number of anilines is 2. The van der Waals surface area contributed by atoms with Crippen LogP contribution in [0.5, 0.6) is 0 Å². The van der Waals surface area contributed by atoms with Crippen molar-refractivity contribution in [2.24, 2.45) is 0 Å². The van der Waals surface area contributed by atoms with Crippen molar-refractivity contribution in [3.05, 3.63) is 23.8 Å². The predicted octanol–water partition coefficient (Wildman–Crippen LogP) is 7.98. The fraction of sp³-hybridized carbons (Fsp3) is 0.692. The molecule has 1 aromatic carbocycles. The van der Waals surface area contributed by atoms with Gasteiger partial charge >= 0.3 is 18.4 Å². The summed E-state index contributed by atoms with van der Waals surface area (Å²) in [7, 11) is 1.56. The van der Waals surface area contributed by atoms with Crippen LogP contribution in [-0.4, -0.2) is 44.8 Å². The van der Waals surface area contributed by atoms with Gasteiger partial charge in [0.2, 0.25) is 0 Å². The van der Waals surface area contributed by atoms with Gasteiger partial charge in [-0.05, 0) is 43.5 Å². The number of nitrogens with one attached hydrogen (secondary N) is 2. The van der Waals surface area contributed by atoms with E-state index in [-0.39, 0.29) is 11.8 Å². The third-order valence-corrected chi connectivity index (χ3v) is 5.58. The molecule has 0 aliphatic heterocycles. The fourth-order valence-corrected chi connectivity index (χ4v) is 3.70. The number of unbranched alkanes of at least 4 members (excludes halogenated alkanes) is 9. The molecule has 1 aromatic rings. The van der Waals surface area contributed by atoms with E-state index in [0.29, 0.717) is 24.3 Å². The lowest BCUT2D eigenvalue weighted by Crippen LogP contribution is -2.26. The third kappa shape index (κ3) is 15.5. The summed E-state index contributed by atoms with van der Waals surface area (Å²) in [5, 5.41) is 4.87. The van der Waals surface area contributed by atoms with Gasteiger partial charge in [-0.3, -0.25) is 10.6 Å². The molecule has 0 saturated carbocycles. The van der Waals surface area contributed by atoms with E-state index in [0.717, 1.165) is 12.8 Å². The number of aryl methyl sites for hydroxylation is 1. The monoisotopic (exact) mass is 518 g/mol. The first kappa shape index (κ1) is 31.5. The minimum Gasteiger partial charge on any atom is -0.444 e. The second-order valence-corrected chi connectivity index (χ2v) is 8.92. The van der Waals surface area contributed by atoms with Gasteiger partial charge in [0, 0.05) is 18.5 Å². The zero-order chi connectivity index (χ0) is 26.8. The molecule has 2 amide bonds. The predicted molar refractivity (Wildman–Crippen MR) is 134 cm³/mol. The molecule has 10 heteroatoms. The van der Waals surface area contributed by atoms with E-state index < -0.39 is 25.0 Å². The standard InChI is InChI=1S/C26H41F3N2O5/c1-4-5-6-7-8-9-10-11-12-13-14-22(18-34-3)36-25(33)31-23-16-15-21(17-20(23)2)30-24(32)35-19-26(27,28)29/h15-17,22H,4-14,18-19H2,1-3H3,(H,30,32)(H,31,33). The second-order valence-electron chi connectivity index (χ2n) is 8.92. The number of hydrogen-bond acceptors (Lipinski definition) is 5. The number of rotatable bonds is 17. The van der Waals surface area contributed by atoms with Crippen LogP contribution in [-0.2, 0) is 14.2 Å². The van der Waals surface area contributed by atoms with Gasteiger partial charge in [0.1, 0.15) is 6.10 Å². The van der Waals surface area contributed by atoms with Crippen molar-refractivity contribution in [2.75, 3.05) is 31.0 Å². The Kier molecular flexibility index (Phi) is 15.6. The Morgan fingerprint density at radius 3 is 2.08 bits per heavy atom. The lowest BCUT2D eigenvalue weighted by Gasteiger charge is -2.18. The highest BCUT2D eigenvalue weighted by molar-refractivity contribution is 5.88. The van der Waals surface area contributed by atoms with E-state index in [1.807, 2.05) is 0 Å². The number of alkyl halides is 3. The van der Waals surface area contributed by atoms with Crippen LogP contribution in [0.4, 0.5) is 34.1 Å². The highest BCUT2D eigenvalue weighted by atomic mass is 19.4. The molecule has 0 aliphatic rings.